The molecule has 0 spiro atoms. The van der Waals surface area contributed by atoms with Crippen molar-refractivity contribution in [2.75, 3.05) is 36.8 Å². The zero-order valence-corrected chi connectivity index (χ0v) is 18.9. The summed E-state index contributed by atoms with van der Waals surface area (Å²) in [6, 6.07) is 9.00. The van der Waals surface area contributed by atoms with Gasteiger partial charge in [-0.2, -0.15) is 4.31 Å². The fourth-order valence-corrected chi connectivity index (χ4v) is 5.78. The Morgan fingerprint density at radius 2 is 1.77 bits per heavy atom. The molecule has 31 heavy (non-hydrogen) atoms. The molecule has 2 heterocycles. The molecule has 1 aromatic heterocycles. The summed E-state index contributed by atoms with van der Waals surface area (Å²) in [7, 11) is -7.28. The Kier molecular flexibility index (Phi) is 6.86. The van der Waals surface area contributed by atoms with Crippen molar-refractivity contribution in [3.8, 4) is 11.8 Å². The number of nitrogen functional groups attached to an aromatic ring is 1. The van der Waals surface area contributed by atoms with E-state index in [2.05, 4.69) is 21.5 Å². The summed E-state index contributed by atoms with van der Waals surface area (Å²) in [6.45, 7) is 4.55. The number of nitrogens with zero attached hydrogens (tertiary/aromatic N) is 3. The first kappa shape index (κ1) is 23.0. The van der Waals surface area contributed by atoms with Gasteiger partial charge < -0.3 is 10.6 Å². The fraction of sp³-hybridized carbons (Fsp3) is 0.350. The van der Waals surface area contributed by atoms with Gasteiger partial charge in [-0.15, -0.1) is 5.92 Å². The first-order valence-corrected chi connectivity index (χ1v) is 12.6. The molecule has 9 nitrogen and oxygen atoms in total. The third kappa shape index (κ3) is 4.99. The van der Waals surface area contributed by atoms with Gasteiger partial charge in [-0.25, -0.2) is 26.5 Å². The number of rotatable bonds is 6. The van der Waals surface area contributed by atoms with Crippen LogP contribution >= 0.6 is 0 Å². The Hall–Kier alpha value is -2.65. The molecule has 1 atom stereocenters. The first-order chi connectivity index (χ1) is 14.7. The monoisotopic (exact) mass is 463 g/mol. The van der Waals surface area contributed by atoms with E-state index in [-0.39, 0.29) is 34.7 Å². The number of aromatic nitrogens is 1. The molecule has 1 aromatic carbocycles. The molecule has 0 amide bonds. The molecule has 3 rings (SSSR count). The Morgan fingerprint density at radius 3 is 2.35 bits per heavy atom. The lowest BCUT2D eigenvalue weighted by Crippen LogP contribution is -2.54. The molecule has 1 fully saturated rings. The van der Waals surface area contributed by atoms with Crippen LogP contribution in [0.2, 0.25) is 0 Å². The summed E-state index contributed by atoms with van der Waals surface area (Å²) in [5.41, 5.74) is 6.33. The zero-order chi connectivity index (χ0) is 22.6. The van der Waals surface area contributed by atoms with E-state index in [1.807, 2.05) is 4.90 Å². The van der Waals surface area contributed by atoms with E-state index in [1.165, 1.54) is 34.8 Å². The molecule has 2 aromatic rings. The number of benzene rings is 1. The molecule has 166 valence electrons. The third-order valence-corrected chi connectivity index (χ3v) is 8.27. The highest BCUT2D eigenvalue weighted by Gasteiger charge is 2.34. The van der Waals surface area contributed by atoms with Crippen molar-refractivity contribution in [3.05, 3.63) is 42.6 Å². The summed E-state index contributed by atoms with van der Waals surface area (Å²) in [5.74, 6) is 6.17. The van der Waals surface area contributed by atoms with Crippen molar-refractivity contribution in [2.24, 2.45) is 0 Å². The highest BCUT2D eigenvalue weighted by molar-refractivity contribution is 7.89. The average molecular weight is 464 g/mol. The molecular formula is C20H25N5O4S2. The largest absolute Gasteiger partial charge is 0.384 e. The lowest BCUT2D eigenvalue weighted by molar-refractivity contribution is 0.360. The Balaban J connectivity index is 1.83. The average Bonchev–Trinajstić information content (AvgIpc) is 2.74. The van der Waals surface area contributed by atoms with E-state index in [0.717, 1.165) is 5.69 Å². The quantitative estimate of drug-likeness (QED) is 0.609. The van der Waals surface area contributed by atoms with Crippen molar-refractivity contribution >= 4 is 31.6 Å². The van der Waals surface area contributed by atoms with Crippen LogP contribution in [-0.2, 0) is 20.0 Å². The highest BCUT2D eigenvalue weighted by Crippen LogP contribution is 2.25. The topological polar surface area (TPSA) is 126 Å². The van der Waals surface area contributed by atoms with Crippen LogP contribution in [0.3, 0.4) is 0 Å². The van der Waals surface area contributed by atoms with E-state index in [4.69, 9.17) is 5.73 Å². The Morgan fingerprint density at radius 1 is 1.10 bits per heavy atom. The van der Waals surface area contributed by atoms with Crippen molar-refractivity contribution in [2.45, 2.75) is 29.7 Å². The highest BCUT2D eigenvalue weighted by atomic mass is 32.2. The normalized spacial score (nSPS) is 17.7. The van der Waals surface area contributed by atoms with Crippen LogP contribution in [0.5, 0.6) is 0 Å². The molecule has 11 heteroatoms. The van der Waals surface area contributed by atoms with Crippen LogP contribution in [-0.4, -0.2) is 58.3 Å². The van der Waals surface area contributed by atoms with E-state index < -0.39 is 20.0 Å². The minimum absolute atomic E-state index is 0.0799. The van der Waals surface area contributed by atoms with Gasteiger partial charge in [-0.3, -0.25) is 0 Å². The van der Waals surface area contributed by atoms with E-state index >= 15 is 0 Å². The van der Waals surface area contributed by atoms with Crippen molar-refractivity contribution in [1.29, 1.82) is 0 Å². The molecule has 0 unspecified atom stereocenters. The van der Waals surface area contributed by atoms with Crippen LogP contribution in [0.25, 0.3) is 0 Å². The molecular weight excluding hydrogens is 438 g/mol. The van der Waals surface area contributed by atoms with Crippen LogP contribution in [0.1, 0.15) is 13.8 Å². The van der Waals surface area contributed by atoms with E-state index in [0.29, 0.717) is 13.1 Å². The molecule has 1 aliphatic heterocycles. The van der Waals surface area contributed by atoms with Gasteiger partial charge in [-0.05, 0) is 43.3 Å². The molecule has 0 bridgehead atoms. The SMILES string of the molecule is CC#C[C@@H]1CN(S(=O)(=O)c2ccc(N)nc2)CCN1c1ccc(S(=O)(=O)NCC)cc1. The number of pyridine rings is 1. The lowest BCUT2D eigenvalue weighted by atomic mass is 10.1. The maximum Gasteiger partial charge on any atom is 0.244 e. The number of anilines is 2. The standard InChI is InChI=1S/C20H25N5O4S2/c1-3-5-17-15-24(31(28,29)19-10-11-20(21)22-14-19)12-13-25(17)16-6-8-18(9-7-16)30(26,27)23-4-2/h6-11,14,17,23H,4,12-13,15H2,1-2H3,(H2,21,22)/t17-/m1/s1. The number of hydrogen-bond acceptors (Lipinski definition) is 7. The molecule has 1 saturated heterocycles. The van der Waals surface area contributed by atoms with Crippen molar-refractivity contribution < 1.29 is 16.8 Å². The number of sulfonamides is 2. The van der Waals surface area contributed by atoms with Gasteiger partial charge in [0.1, 0.15) is 16.8 Å². The maximum atomic E-state index is 13.0. The van der Waals surface area contributed by atoms with Gasteiger partial charge >= 0.3 is 0 Å². The van der Waals surface area contributed by atoms with E-state index in [1.54, 1.807) is 26.0 Å². The zero-order valence-electron chi connectivity index (χ0n) is 17.3. The number of hydrogen-bond donors (Lipinski definition) is 2. The number of nitrogens with two attached hydrogens (primary N) is 1. The van der Waals surface area contributed by atoms with Crippen molar-refractivity contribution in [1.82, 2.24) is 14.0 Å². The number of piperazine rings is 1. The summed E-state index contributed by atoms with van der Waals surface area (Å²) in [4.78, 5) is 6.11. The van der Waals surface area contributed by atoms with Gasteiger partial charge in [0, 0.05) is 38.1 Å². The fourth-order valence-electron chi connectivity index (χ4n) is 3.36. The number of nitrogens with one attached hydrogen (secondary N) is 1. The van der Waals surface area contributed by atoms with Gasteiger partial charge in [0.05, 0.1) is 4.90 Å². The summed E-state index contributed by atoms with van der Waals surface area (Å²) >= 11 is 0. The lowest BCUT2D eigenvalue weighted by Gasteiger charge is -2.39. The minimum atomic E-state index is -3.73. The van der Waals surface area contributed by atoms with Gasteiger partial charge in [-0.1, -0.05) is 12.8 Å². The second-order valence-corrected chi connectivity index (χ2v) is 10.6. The maximum absolute atomic E-state index is 13.0. The van der Waals surface area contributed by atoms with Gasteiger partial charge in [0.25, 0.3) is 0 Å². The third-order valence-electron chi connectivity index (χ3n) is 4.86. The van der Waals surface area contributed by atoms with Crippen LogP contribution in [0, 0.1) is 11.8 Å². The minimum Gasteiger partial charge on any atom is -0.384 e. The Bertz CT molecular complexity index is 1180. The molecule has 0 aliphatic carbocycles. The molecule has 0 saturated carbocycles. The summed E-state index contributed by atoms with van der Waals surface area (Å²) < 4.78 is 54.2. The predicted octanol–water partition coefficient (Wildman–Crippen LogP) is 0.865. The first-order valence-electron chi connectivity index (χ1n) is 9.69. The smallest absolute Gasteiger partial charge is 0.244 e. The Labute approximate surface area is 183 Å². The van der Waals surface area contributed by atoms with E-state index in [9.17, 15) is 16.8 Å². The van der Waals surface area contributed by atoms with Crippen LogP contribution < -0.4 is 15.4 Å². The van der Waals surface area contributed by atoms with Crippen LogP contribution in [0.4, 0.5) is 11.5 Å². The van der Waals surface area contributed by atoms with Crippen LogP contribution in [0.15, 0.2) is 52.4 Å². The summed E-state index contributed by atoms with van der Waals surface area (Å²) in [6.07, 6.45) is 1.25. The van der Waals surface area contributed by atoms with Gasteiger partial charge in [0.2, 0.25) is 20.0 Å². The summed E-state index contributed by atoms with van der Waals surface area (Å²) in [5, 5.41) is 0. The molecule has 3 N–H and O–H groups in total. The second kappa shape index (κ2) is 9.23. The molecule has 1 aliphatic rings. The van der Waals surface area contributed by atoms with Gasteiger partial charge in [0.15, 0.2) is 0 Å². The second-order valence-electron chi connectivity index (χ2n) is 6.88. The predicted molar refractivity (Wildman–Crippen MR) is 119 cm³/mol. The molecule has 0 radical (unpaired) electrons. The van der Waals surface area contributed by atoms with Crippen molar-refractivity contribution in [3.63, 3.8) is 0 Å².